The van der Waals surface area contributed by atoms with Crippen molar-refractivity contribution in [2.24, 2.45) is 0 Å². The summed E-state index contributed by atoms with van der Waals surface area (Å²) in [6.45, 7) is 6.59. The third-order valence-electron chi connectivity index (χ3n) is 3.41. The molecular formula is C17H20O. The van der Waals surface area contributed by atoms with Gasteiger partial charge in [0.2, 0.25) is 0 Å². The zero-order valence-electron chi connectivity index (χ0n) is 11.3. The van der Waals surface area contributed by atoms with E-state index in [2.05, 4.69) is 50.2 Å². The number of hydrogen-bond acceptors (Lipinski definition) is 1. The first-order valence-corrected chi connectivity index (χ1v) is 6.43. The van der Waals surface area contributed by atoms with Gasteiger partial charge in [0.05, 0.1) is 6.61 Å². The van der Waals surface area contributed by atoms with Gasteiger partial charge >= 0.3 is 0 Å². The highest BCUT2D eigenvalue weighted by atomic mass is 16.3. The molecule has 0 amide bonds. The van der Waals surface area contributed by atoms with Gasteiger partial charge in [-0.25, -0.2) is 0 Å². The first-order valence-electron chi connectivity index (χ1n) is 6.43. The van der Waals surface area contributed by atoms with E-state index < -0.39 is 0 Å². The Labute approximate surface area is 109 Å². The number of benzene rings is 2. The predicted molar refractivity (Wildman–Crippen MR) is 76.6 cm³/mol. The molecule has 18 heavy (non-hydrogen) atoms. The van der Waals surface area contributed by atoms with Crippen molar-refractivity contribution in [1.29, 1.82) is 0 Å². The van der Waals surface area contributed by atoms with Crippen LogP contribution in [0.5, 0.6) is 0 Å². The Morgan fingerprint density at radius 3 is 2.39 bits per heavy atom. The fraction of sp³-hybridized carbons (Fsp3) is 0.294. The molecule has 1 N–H and O–H groups in total. The highest BCUT2D eigenvalue weighted by Crippen LogP contribution is 2.30. The van der Waals surface area contributed by atoms with Gasteiger partial charge in [0.15, 0.2) is 0 Å². The molecule has 94 valence electrons. The zero-order valence-corrected chi connectivity index (χ0v) is 11.3. The average molecular weight is 240 g/mol. The Balaban J connectivity index is 2.52. The van der Waals surface area contributed by atoms with Gasteiger partial charge in [-0.15, -0.1) is 0 Å². The molecule has 2 rings (SSSR count). The first-order chi connectivity index (χ1) is 8.63. The maximum absolute atomic E-state index is 9.22. The fourth-order valence-corrected chi connectivity index (χ4v) is 2.30. The molecule has 0 unspecified atom stereocenters. The van der Waals surface area contributed by atoms with Crippen molar-refractivity contribution in [3.8, 4) is 11.1 Å². The lowest BCUT2D eigenvalue weighted by atomic mass is 9.91. The molecule has 0 aliphatic heterocycles. The van der Waals surface area contributed by atoms with Crippen LogP contribution in [0.1, 0.15) is 36.5 Å². The third-order valence-corrected chi connectivity index (χ3v) is 3.41. The number of aliphatic hydroxyl groups is 1. The van der Waals surface area contributed by atoms with Crippen molar-refractivity contribution in [3.05, 3.63) is 59.2 Å². The molecule has 0 spiro atoms. The average Bonchev–Trinajstić information content (AvgIpc) is 2.38. The molecule has 0 radical (unpaired) electrons. The molecule has 0 aliphatic carbocycles. The van der Waals surface area contributed by atoms with Crippen molar-refractivity contribution >= 4 is 0 Å². The zero-order chi connectivity index (χ0) is 13.1. The molecule has 1 nitrogen and oxygen atoms in total. The van der Waals surface area contributed by atoms with E-state index in [1.165, 1.54) is 16.7 Å². The van der Waals surface area contributed by atoms with E-state index in [0.717, 1.165) is 11.1 Å². The summed E-state index contributed by atoms with van der Waals surface area (Å²) in [5.41, 5.74) is 6.04. The van der Waals surface area contributed by atoms with E-state index in [1.807, 2.05) is 13.0 Å². The summed E-state index contributed by atoms with van der Waals surface area (Å²) in [5, 5.41) is 9.22. The lowest BCUT2D eigenvalue weighted by Crippen LogP contribution is -1.94. The summed E-state index contributed by atoms with van der Waals surface area (Å²) in [7, 11) is 0. The van der Waals surface area contributed by atoms with Crippen molar-refractivity contribution in [1.82, 2.24) is 0 Å². The minimum Gasteiger partial charge on any atom is -0.392 e. The van der Waals surface area contributed by atoms with Gasteiger partial charge in [0.25, 0.3) is 0 Å². The molecule has 0 aromatic heterocycles. The lowest BCUT2D eigenvalue weighted by molar-refractivity contribution is 0.281. The molecule has 0 saturated carbocycles. The highest BCUT2D eigenvalue weighted by molar-refractivity contribution is 5.69. The van der Waals surface area contributed by atoms with Crippen LogP contribution in [0.15, 0.2) is 42.5 Å². The normalized spacial score (nSPS) is 10.9. The Kier molecular flexibility index (Phi) is 3.83. The van der Waals surface area contributed by atoms with Gasteiger partial charge in [-0.3, -0.25) is 0 Å². The Morgan fingerprint density at radius 2 is 1.78 bits per heavy atom. The fourth-order valence-electron chi connectivity index (χ4n) is 2.30. The molecule has 1 heteroatoms. The second-order valence-corrected chi connectivity index (χ2v) is 5.04. The smallest absolute Gasteiger partial charge is 0.0684 e. The molecule has 2 aromatic carbocycles. The maximum Gasteiger partial charge on any atom is 0.0684 e. The molecule has 2 aromatic rings. The summed E-state index contributed by atoms with van der Waals surface area (Å²) in [5.74, 6) is 0.513. The second-order valence-electron chi connectivity index (χ2n) is 5.04. The topological polar surface area (TPSA) is 20.2 Å². The monoisotopic (exact) mass is 240 g/mol. The van der Waals surface area contributed by atoms with Gasteiger partial charge in [-0.05, 0) is 40.7 Å². The molecule has 0 heterocycles. The Hall–Kier alpha value is -1.60. The Morgan fingerprint density at radius 1 is 1.06 bits per heavy atom. The van der Waals surface area contributed by atoms with Gasteiger partial charge in [0.1, 0.15) is 0 Å². The van der Waals surface area contributed by atoms with Crippen molar-refractivity contribution in [2.75, 3.05) is 0 Å². The van der Waals surface area contributed by atoms with Gasteiger partial charge in [0, 0.05) is 0 Å². The van der Waals surface area contributed by atoms with E-state index in [9.17, 15) is 5.11 Å². The van der Waals surface area contributed by atoms with E-state index >= 15 is 0 Å². The molecule has 0 atom stereocenters. The number of hydrogen-bond donors (Lipinski definition) is 1. The quantitative estimate of drug-likeness (QED) is 0.849. The first kappa shape index (κ1) is 12.8. The minimum atomic E-state index is 0.109. The summed E-state index contributed by atoms with van der Waals surface area (Å²) in [4.78, 5) is 0. The van der Waals surface area contributed by atoms with Crippen LogP contribution in [0.25, 0.3) is 11.1 Å². The summed E-state index contributed by atoms with van der Waals surface area (Å²) < 4.78 is 0. The molecule has 0 saturated heterocycles. The van der Waals surface area contributed by atoms with Crippen LogP contribution in [-0.4, -0.2) is 5.11 Å². The number of aliphatic hydroxyl groups excluding tert-OH is 1. The van der Waals surface area contributed by atoms with Crippen molar-refractivity contribution < 1.29 is 5.11 Å². The molecular weight excluding hydrogens is 220 g/mol. The summed E-state index contributed by atoms with van der Waals surface area (Å²) in [6.07, 6.45) is 0. The van der Waals surface area contributed by atoms with E-state index in [4.69, 9.17) is 0 Å². The van der Waals surface area contributed by atoms with Crippen LogP contribution in [0.3, 0.4) is 0 Å². The van der Waals surface area contributed by atoms with Gasteiger partial charge in [-0.1, -0.05) is 56.3 Å². The van der Waals surface area contributed by atoms with Gasteiger partial charge < -0.3 is 5.11 Å². The van der Waals surface area contributed by atoms with Crippen molar-refractivity contribution in [2.45, 2.75) is 33.3 Å². The third kappa shape index (κ3) is 2.46. The van der Waals surface area contributed by atoms with Crippen molar-refractivity contribution in [3.63, 3.8) is 0 Å². The predicted octanol–water partition coefficient (Wildman–Crippen LogP) is 4.28. The minimum absolute atomic E-state index is 0.109. The number of aryl methyl sites for hydroxylation is 1. The molecule has 0 fully saturated rings. The van der Waals surface area contributed by atoms with Crippen LogP contribution in [0.4, 0.5) is 0 Å². The Bertz CT molecular complexity index is 541. The summed E-state index contributed by atoms with van der Waals surface area (Å²) >= 11 is 0. The van der Waals surface area contributed by atoms with E-state index in [1.54, 1.807) is 0 Å². The molecule has 0 bridgehead atoms. The highest BCUT2D eigenvalue weighted by Gasteiger charge is 2.08. The van der Waals surface area contributed by atoms with Crippen LogP contribution in [0, 0.1) is 6.92 Å². The second kappa shape index (κ2) is 5.36. The van der Waals surface area contributed by atoms with Crippen LogP contribution < -0.4 is 0 Å². The van der Waals surface area contributed by atoms with Crippen LogP contribution in [-0.2, 0) is 6.61 Å². The van der Waals surface area contributed by atoms with E-state index in [0.29, 0.717) is 5.92 Å². The summed E-state index contributed by atoms with van der Waals surface area (Å²) in [6, 6.07) is 14.8. The molecule has 0 aliphatic rings. The van der Waals surface area contributed by atoms with Gasteiger partial charge in [-0.2, -0.15) is 0 Å². The standard InChI is InChI=1S/C17H20O/c1-12(2)16-6-4-5-7-17(16)14-8-9-15(11-18)13(3)10-14/h4-10,12,18H,11H2,1-3H3. The largest absolute Gasteiger partial charge is 0.392 e. The number of rotatable bonds is 3. The maximum atomic E-state index is 9.22. The van der Waals surface area contributed by atoms with Crippen LogP contribution >= 0.6 is 0 Å². The van der Waals surface area contributed by atoms with Crippen LogP contribution in [0.2, 0.25) is 0 Å². The van der Waals surface area contributed by atoms with E-state index in [-0.39, 0.29) is 6.61 Å². The lowest BCUT2D eigenvalue weighted by Gasteiger charge is -2.14. The SMILES string of the molecule is Cc1cc(-c2ccccc2C(C)C)ccc1CO.